The number of hydrogen-bond donors (Lipinski definition) is 1. The van der Waals surface area contributed by atoms with Crippen molar-refractivity contribution in [1.29, 1.82) is 0 Å². The van der Waals surface area contributed by atoms with E-state index in [1.165, 1.54) is 23.9 Å². The zero-order valence-corrected chi connectivity index (χ0v) is 19.5. The highest BCUT2D eigenvalue weighted by Gasteiger charge is 2.31. The van der Waals surface area contributed by atoms with Crippen LogP contribution in [-0.2, 0) is 4.79 Å². The lowest BCUT2D eigenvalue weighted by Crippen LogP contribution is -2.49. The first kappa shape index (κ1) is 21.2. The van der Waals surface area contributed by atoms with E-state index in [0.717, 1.165) is 59.1 Å². The number of nitrogens with one attached hydrogen (secondary N) is 1. The molecule has 9 heteroatoms. The van der Waals surface area contributed by atoms with Crippen molar-refractivity contribution < 1.29 is 9.18 Å². The molecule has 0 spiro atoms. The molecule has 3 heterocycles. The molecule has 2 aromatic carbocycles. The molecular weight excluding hydrogens is 451 g/mol. The summed E-state index contributed by atoms with van der Waals surface area (Å²) in [4.78, 5) is 20.4. The number of benzene rings is 2. The molecule has 1 saturated carbocycles. The Hall–Kier alpha value is -3.33. The van der Waals surface area contributed by atoms with Crippen LogP contribution >= 0.6 is 11.8 Å². The fourth-order valence-corrected chi connectivity index (χ4v) is 5.47. The van der Waals surface area contributed by atoms with Gasteiger partial charge in [-0.05, 0) is 43.2 Å². The van der Waals surface area contributed by atoms with Crippen molar-refractivity contribution in [3.63, 3.8) is 0 Å². The van der Waals surface area contributed by atoms with Gasteiger partial charge < -0.3 is 14.8 Å². The number of para-hydroxylation sites is 1. The van der Waals surface area contributed by atoms with E-state index < -0.39 is 0 Å². The summed E-state index contributed by atoms with van der Waals surface area (Å²) in [6.45, 7) is 2.80. The second-order valence-corrected chi connectivity index (χ2v) is 9.73. The molecule has 174 valence electrons. The maximum atomic E-state index is 13.2. The second kappa shape index (κ2) is 8.79. The van der Waals surface area contributed by atoms with Gasteiger partial charge in [0.25, 0.3) is 0 Å². The van der Waals surface area contributed by atoms with E-state index in [2.05, 4.69) is 36.8 Å². The van der Waals surface area contributed by atoms with Crippen molar-refractivity contribution >= 4 is 34.3 Å². The lowest BCUT2D eigenvalue weighted by atomic mass is 10.1. The first-order chi connectivity index (χ1) is 16.7. The third kappa shape index (κ3) is 4.04. The van der Waals surface area contributed by atoms with Gasteiger partial charge in [0.15, 0.2) is 11.0 Å². The van der Waals surface area contributed by atoms with Crippen LogP contribution < -0.4 is 4.90 Å². The first-order valence-corrected chi connectivity index (χ1v) is 12.6. The van der Waals surface area contributed by atoms with Gasteiger partial charge in [0, 0.05) is 60.6 Å². The summed E-state index contributed by atoms with van der Waals surface area (Å²) in [5.41, 5.74) is 3.11. The van der Waals surface area contributed by atoms with Crippen LogP contribution in [0.3, 0.4) is 0 Å². The van der Waals surface area contributed by atoms with E-state index in [-0.39, 0.29) is 11.7 Å². The highest BCUT2D eigenvalue weighted by Crippen LogP contribution is 2.42. The minimum atomic E-state index is -0.235. The Morgan fingerprint density at radius 1 is 1.03 bits per heavy atom. The molecule has 7 nitrogen and oxygen atoms in total. The Labute approximate surface area is 201 Å². The number of aromatic nitrogens is 4. The summed E-state index contributed by atoms with van der Waals surface area (Å²) >= 11 is 1.47. The normalized spacial score (nSPS) is 16.4. The van der Waals surface area contributed by atoms with Crippen LogP contribution in [0.1, 0.15) is 18.9 Å². The average molecular weight is 477 g/mol. The predicted molar refractivity (Wildman–Crippen MR) is 132 cm³/mol. The number of carbonyl (C=O) groups is 1. The molecule has 6 rings (SSSR count). The molecule has 2 aliphatic rings. The summed E-state index contributed by atoms with van der Waals surface area (Å²) in [6.07, 6.45) is 4.22. The topological polar surface area (TPSA) is 70.0 Å². The molecule has 34 heavy (non-hydrogen) atoms. The molecule has 0 radical (unpaired) electrons. The molecule has 1 saturated heterocycles. The number of piperazine rings is 1. The Bertz CT molecular complexity index is 1320. The van der Waals surface area contributed by atoms with Crippen LogP contribution in [0.2, 0.25) is 0 Å². The molecule has 1 aliphatic heterocycles. The van der Waals surface area contributed by atoms with Gasteiger partial charge in [0.1, 0.15) is 5.82 Å². The van der Waals surface area contributed by atoms with Gasteiger partial charge in [0.05, 0.1) is 5.75 Å². The number of amides is 1. The van der Waals surface area contributed by atoms with Crippen LogP contribution in [0.5, 0.6) is 0 Å². The number of H-pyrrole nitrogens is 1. The molecule has 4 aromatic rings. The van der Waals surface area contributed by atoms with Gasteiger partial charge in [-0.15, -0.1) is 10.2 Å². The van der Waals surface area contributed by atoms with Crippen molar-refractivity contribution in [3.8, 4) is 11.4 Å². The minimum absolute atomic E-state index is 0.114. The number of thioether (sulfide) groups is 1. The molecule has 0 bridgehead atoms. The van der Waals surface area contributed by atoms with Gasteiger partial charge in [-0.1, -0.05) is 30.0 Å². The van der Waals surface area contributed by atoms with Crippen LogP contribution in [-0.4, -0.2) is 62.5 Å². The van der Waals surface area contributed by atoms with Gasteiger partial charge >= 0.3 is 0 Å². The largest absolute Gasteiger partial charge is 0.368 e. The first-order valence-electron chi connectivity index (χ1n) is 11.6. The summed E-state index contributed by atoms with van der Waals surface area (Å²) < 4.78 is 15.4. The monoisotopic (exact) mass is 476 g/mol. The number of rotatable bonds is 6. The lowest BCUT2D eigenvalue weighted by Gasteiger charge is -2.36. The number of nitrogens with zero attached hydrogens (tertiary/aromatic N) is 5. The van der Waals surface area contributed by atoms with Gasteiger partial charge in [-0.3, -0.25) is 9.36 Å². The molecule has 2 aromatic heterocycles. The fourth-order valence-electron chi connectivity index (χ4n) is 4.56. The number of fused-ring (bicyclic) bond motifs is 1. The maximum Gasteiger partial charge on any atom is 0.233 e. The van der Waals surface area contributed by atoms with Crippen molar-refractivity contribution in [2.24, 2.45) is 0 Å². The molecule has 2 fully saturated rings. The number of hydrogen-bond acceptors (Lipinski definition) is 5. The van der Waals surface area contributed by atoms with Gasteiger partial charge in [-0.25, -0.2) is 4.39 Å². The molecule has 0 unspecified atom stereocenters. The summed E-state index contributed by atoms with van der Waals surface area (Å²) in [7, 11) is 0. The SMILES string of the molecule is O=C(CSc1nnc(-c2c[nH]c3ccccc23)n1C1CC1)N1CCN(c2ccc(F)cc2)CC1. The zero-order chi connectivity index (χ0) is 23.1. The predicted octanol–water partition coefficient (Wildman–Crippen LogP) is 4.34. The third-order valence-electron chi connectivity index (χ3n) is 6.56. The van der Waals surface area contributed by atoms with Gasteiger partial charge in [0.2, 0.25) is 5.91 Å². The van der Waals surface area contributed by atoms with E-state index in [1.807, 2.05) is 23.2 Å². The van der Waals surface area contributed by atoms with E-state index in [4.69, 9.17) is 0 Å². The number of aromatic amines is 1. The Morgan fingerprint density at radius 3 is 2.56 bits per heavy atom. The van der Waals surface area contributed by atoms with Crippen LogP contribution in [0.15, 0.2) is 59.9 Å². The smallest absolute Gasteiger partial charge is 0.233 e. The summed E-state index contributed by atoms with van der Waals surface area (Å²) in [5, 5.41) is 10.9. The highest BCUT2D eigenvalue weighted by molar-refractivity contribution is 7.99. The van der Waals surface area contributed by atoms with Crippen LogP contribution in [0, 0.1) is 5.82 Å². The van der Waals surface area contributed by atoms with Crippen molar-refractivity contribution in [2.75, 3.05) is 36.8 Å². The number of halogens is 1. The molecule has 1 amide bonds. The molecular formula is C25H25FN6OS. The third-order valence-corrected chi connectivity index (χ3v) is 7.48. The second-order valence-electron chi connectivity index (χ2n) is 8.79. The van der Waals surface area contributed by atoms with E-state index in [0.29, 0.717) is 24.9 Å². The molecule has 1 aliphatic carbocycles. The molecule has 1 N–H and O–H groups in total. The highest BCUT2D eigenvalue weighted by atomic mass is 32.2. The average Bonchev–Trinajstić information content (AvgIpc) is 3.48. The van der Waals surface area contributed by atoms with Crippen molar-refractivity contribution in [3.05, 3.63) is 60.5 Å². The number of anilines is 1. The quantitative estimate of drug-likeness (QED) is 0.419. The van der Waals surface area contributed by atoms with E-state index in [9.17, 15) is 9.18 Å². The molecule has 0 atom stereocenters. The Balaban J connectivity index is 1.12. The summed E-state index contributed by atoms with van der Waals surface area (Å²) in [5.74, 6) is 1.09. The Morgan fingerprint density at radius 2 is 1.79 bits per heavy atom. The lowest BCUT2D eigenvalue weighted by molar-refractivity contribution is -0.128. The zero-order valence-electron chi connectivity index (χ0n) is 18.7. The van der Waals surface area contributed by atoms with Crippen molar-refractivity contribution in [1.82, 2.24) is 24.6 Å². The van der Waals surface area contributed by atoms with Crippen molar-refractivity contribution in [2.45, 2.75) is 24.0 Å². The van der Waals surface area contributed by atoms with Crippen LogP contribution in [0.4, 0.5) is 10.1 Å². The standard InChI is InChI=1S/C25H25FN6OS/c26-17-5-7-18(8-6-17)30-11-13-31(14-12-30)23(33)16-34-25-29-28-24(32(25)19-9-10-19)21-15-27-22-4-2-1-3-20(21)22/h1-8,15,19,27H,9-14,16H2. The Kier molecular flexibility index (Phi) is 5.49. The van der Waals surface area contributed by atoms with E-state index >= 15 is 0 Å². The van der Waals surface area contributed by atoms with Gasteiger partial charge in [-0.2, -0.15) is 0 Å². The van der Waals surface area contributed by atoms with E-state index in [1.54, 1.807) is 12.1 Å². The van der Waals surface area contributed by atoms with Crippen LogP contribution in [0.25, 0.3) is 22.3 Å². The maximum absolute atomic E-state index is 13.2. The number of carbonyl (C=O) groups excluding carboxylic acids is 1. The fraction of sp³-hybridized carbons (Fsp3) is 0.320. The minimum Gasteiger partial charge on any atom is -0.368 e. The summed E-state index contributed by atoms with van der Waals surface area (Å²) in [6, 6.07) is 15.1.